The number of carbonyl (C=O) groups is 4. The number of amides is 3. The molecule has 1 unspecified atom stereocenters. The second-order valence-corrected chi connectivity index (χ2v) is 15.3. The largest absolute Gasteiger partial charge is 0.497 e. The van der Waals surface area contributed by atoms with Crippen LogP contribution >= 0.6 is 23.3 Å². The normalized spacial score (nSPS) is 20.9. The third kappa shape index (κ3) is 10.1. The number of thioether (sulfide) groups is 1. The maximum absolute atomic E-state index is 13.8. The molecule has 0 spiro atoms. The van der Waals surface area contributed by atoms with Crippen molar-refractivity contribution in [2.75, 3.05) is 38.9 Å². The third-order valence-electron chi connectivity index (χ3n) is 7.87. The highest BCUT2D eigenvalue weighted by Crippen LogP contribution is 2.41. The summed E-state index contributed by atoms with van der Waals surface area (Å²) in [6, 6.07) is 6.02. The van der Waals surface area contributed by atoms with Gasteiger partial charge in [-0.25, -0.2) is 9.59 Å². The number of oxime groups is 1. The predicted molar refractivity (Wildman–Crippen MR) is 195 cm³/mol. The zero-order valence-electron chi connectivity index (χ0n) is 30.7. The molecule has 3 aliphatic rings. The minimum atomic E-state index is -1.24. The maximum Gasteiger partial charge on any atom is 0.414 e. The van der Waals surface area contributed by atoms with Gasteiger partial charge >= 0.3 is 12.1 Å². The molecule has 0 saturated carbocycles. The summed E-state index contributed by atoms with van der Waals surface area (Å²) >= 11 is 2.15. The van der Waals surface area contributed by atoms with Crippen molar-refractivity contribution < 1.29 is 47.8 Å². The van der Waals surface area contributed by atoms with Crippen molar-refractivity contribution in [3.8, 4) is 5.75 Å². The van der Waals surface area contributed by atoms with Crippen molar-refractivity contribution in [1.82, 2.24) is 24.6 Å². The first-order valence-corrected chi connectivity index (χ1v) is 18.4. The molecule has 2 fully saturated rings. The summed E-state index contributed by atoms with van der Waals surface area (Å²) in [4.78, 5) is 70.4. The Kier molecular flexibility index (Phi) is 12.4. The molecule has 2 N–H and O–H groups in total. The quantitative estimate of drug-likeness (QED) is 0.0987. The lowest BCUT2D eigenvalue weighted by Crippen LogP contribution is -2.71. The molecule has 5 rings (SSSR count). The van der Waals surface area contributed by atoms with Crippen LogP contribution in [0.25, 0.3) is 0 Å². The van der Waals surface area contributed by atoms with Crippen LogP contribution in [0.5, 0.6) is 5.75 Å². The van der Waals surface area contributed by atoms with Gasteiger partial charge in [0.1, 0.15) is 35.1 Å². The van der Waals surface area contributed by atoms with Crippen LogP contribution in [0.4, 0.5) is 9.93 Å². The first-order valence-electron chi connectivity index (χ1n) is 16.6. The molecular weight excluding hydrogens is 731 g/mol. The minimum absolute atomic E-state index is 0.0349. The van der Waals surface area contributed by atoms with Crippen LogP contribution in [0.3, 0.4) is 0 Å². The zero-order valence-corrected chi connectivity index (χ0v) is 32.3. The van der Waals surface area contributed by atoms with E-state index in [1.165, 1.54) is 23.8 Å². The van der Waals surface area contributed by atoms with Gasteiger partial charge in [-0.2, -0.15) is 14.4 Å². The number of allylic oxidation sites excluding steroid dienone is 1. The summed E-state index contributed by atoms with van der Waals surface area (Å²) in [5.41, 5.74) is 0.252. The van der Waals surface area contributed by atoms with E-state index in [1.54, 1.807) is 77.1 Å². The number of esters is 1. The summed E-state index contributed by atoms with van der Waals surface area (Å²) in [5, 5.41) is 10.3. The van der Waals surface area contributed by atoms with Crippen LogP contribution in [-0.4, -0.2) is 111 Å². The number of carbonyl (C=O) groups excluding carboxylic acids is 4. The molecule has 1 aromatic heterocycles. The van der Waals surface area contributed by atoms with Crippen LogP contribution in [-0.2, 0) is 44.9 Å². The summed E-state index contributed by atoms with van der Waals surface area (Å²) in [6.45, 7) is 9.00. The lowest BCUT2D eigenvalue weighted by atomic mass is 10.0. The molecular formula is C34H43N7O10S2. The first-order chi connectivity index (χ1) is 25.1. The number of nitrogens with one attached hydrogen (secondary N) is 2. The van der Waals surface area contributed by atoms with Gasteiger partial charge in [-0.05, 0) is 50.5 Å². The topological polar surface area (TPSA) is 192 Å². The average Bonchev–Trinajstić information content (AvgIpc) is 3.75. The predicted octanol–water partition coefficient (Wildman–Crippen LogP) is 3.59. The van der Waals surface area contributed by atoms with Crippen LogP contribution < -0.4 is 15.4 Å². The van der Waals surface area contributed by atoms with Crippen molar-refractivity contribution in [1.29, 1.82) is 0 Å². The molecule has 17 nitrogen and oxygen atoms in total. The van der Waals surface area contributed by atoms with E-state index in [0.29, 0.717) is 17.1 Å². The van der Waals surface area contributed by atoms with Crippen molar-refractivity contribution in [3.05, 3.63) is 59.1 Å². The summed E-state index contributed by atoms with van der Waals surface area (Å²) in [7, 11) is 4.80. The number of ether oxygens (including phenoxy) is 4. The van der Waals surface area contributed by atoms with Gasteiger partial charge in [0, 0.05) is 51.8 Å². The standard InChI is InChI=1S/C34H43N7O10S2/c1-33(2,3)49-32(45)37-31-36-26(39-53-31)23(38-51-34(4,5)47-8)27(42)35-24-28(43)41-25(30(44)48-17-19-9-12-21(46-7)13-10-19)20(18-52-29(24)41)11-14-22-15-16-40(6)50-22/h9-14,22,24,29H,15-18H2,1-8H3,(H,35,42)(H,36,37,39,45)/b14-11+,38-23-/t22?,24-,29-/m1/s1. The molecule has 3 aliphatic heterocycles. The maximum atomic E-state index is 13.8. The van der Waals surface area contributed by atoms with Crippen LogP contribution in [0.1, 0.15) is 52.4 Å². The molecule has 4 heterocycles. The average molecular weight is 774 g/mol. The summed E-state index contributed by atoms with van der Waals surface area (Å²) in [5.74, 6) is -2.49. The van der Waals surface area contributed by atoms with Crippen molar-refractivity contribution in [2.24, 2.45) is 5.16 Å². The fourth-order valence-corrected chi connectivity index (χ4v) is 6.92. The SMILES string of the molecule is COc1ccc(COC(=O)C2=C(/C=C/C3CCN(C)O3)CS[C@@H]3[C@H](NC(=O)/C(=N\OC(C)(C)OC)c4nsc(NC(=O)OC(C)(C)C)n4)C(=O)N23)cc1. The van der Waals surface area contributed by atoms with E-state index in [9.17, 15) is 19.2 Å². The lowest BCUT2D eigenvalue weighted by Gasteiger charge is -2.49. The van der Waals surface area contributed by atoms with Crippen molar-refractivity contribution >= 4 is 58.0 Å². The third-order valence-corrected chi connectivity index (χ3v) is 9.80. The van der Waals surface area contributed by atoms with Crippen LogP contribution in [0, 0.1) is 0 Å². The number of hydroxylamine groups is 2. The first kappa shape index (κ1) is 39.6. The van der Waals surface area contributed by atoms with Gasteiger partial charge < -0.3 is 29.1 Å². The van der Waals surface area contributed by atoms with E-state index in [1.807, 2.05) is 13.1 Å². The number of hydrogen-bond acceptors (Lipinski definition) is 16. The second kappa shape index (κ2) is 16.6. The number of rotatable bonds is 13. The highest BCUT2D eigenvalue weighted by atomic mass is 32.2. The Labute approximate surface area is 315 Å². The van der Waals surface area contributed by atoms with E-state index >= 15 is 0 Å². The van der Waals surface area contributed by atoms with E-state index < -0.39 is 46.7 Å². The summed E-state index contributed by atoms with van der Waals surface area (Å²) in [6.07, 6.45) is 3.46. The van der Waals surface area contributed by atoms with Gasteiger partial charge in [0.05, 0.1) is 13.2 Å². The highest BCUT2D eigenvalue weighted by Gasteiger charge is 2.54. The Hall–Kier alpha value is -4.56. The van der Waals surface area contributed by atoms with E-state index in [4.69, 9.17) is 28.6 Å². The van der Waals surface area contributed by atoms with E-state index in [2.05, 4.69) is 25.1 Å². The molecule has 3 atom stereocenters. The highest BCUT2D eigenvalue weighted by molar-refractivity contribution is 8.00. The number of aromatic nitrogens is 2. The molecule has 1 aromatic carbocycles. The van der Waals surface area contributed by atoms with Gasteiger partial charge in [0.2, 0.25) is 22.5 Å². The van der Waals surface area contributed by atoms with E-state index in [0.717, 1.165) is 30.1 Å². The number of fused-ring (bicyclic) bond motifs is 1. The molecule has 286 valence electrons. The lowest BCUT2D eigenvalue weighted by molar-refractivity contribution is -0.197. The Morgan fingerprint density at radius 3 is 2.51 bits per heavy atom. The molecule has 53 heavy (non-hydrogen) atoms. The smallest absolute Gasteiger partial charge is 0.414 e. The van der Waals surface area contributed by atoms with Crippen LogP contribution in [0.15, 0.2) is 52.8 Å². The summed E-state index contributed by atoms with van der Waals surface area (Å²) < 4.78 is 25.6. The monoisotopic (exact) mass is 773 g/mol. The van der Waals surface area contributed by atoms with Crippen molar-refractivity contribution in [2.45, 2.75) is 76.6 Å². The molecule has 3 amide bonds. The Morgan fingerprint density at radius 1 is 1.13 bits per heavy atom. The molecule has 0 radical (unpaired) electrons. The Balaban J connectivity index is 1.35. The Bertz CT molecular complexity index is 1790. The fourth-order valence-electron chi connectivity index (χ4n) is 5.05. The van der Waals surface area contributed by atoms with Gasteiger partial charge in [-0.15, -0.1) is 11.8 Å². The number of anilines is 1. The zero-order chi connectivity index (χ0) is 38.5. The van der Waals surface area contributed by atoms with Gasteiger partial charge in [-0.1, -0.05) is 29.4 Å². The number of hydrogen-bond donors (Lipinski definition) is 2. The number of methoxy groups -OCH3 is 2. The van der Waals surface area contributed by atoms with Gasteiger partial charge in [0.15, 0.2) is 0 Å². The molecule has 0 aliphatic carbocycles. The number of β-lactam (4-membered cyclic amide) rings is 1. The minimum Gasteiger partial charge on any atom is -0.497 e. The number of benzene rings is 1. The number of nitrogens with zero attached hydrogens (tertiary/aromatic N) is 5. The second-order valence-electron chi connectivity index (χ2n) is 13.5. The Morgan fingerprint density at radius 2 is 1.87 bits per heavy atom. The molecule has 2 aromatic rings. The molecule has 0 bridgehead atoms. The van der Waals surface area contributed by atoms with Crippen LogP contribution in [0.2, 0.25) is 0 Å². The molecule has 2 saturated heterocycles. The fraction of sp³-hybridized carbons (Fsp3) is 0.500. The van der Waals surface area contributed by atoms with E-state index in [-0.39, 0.29) is 35.1 Å². The van der Waals surface area contributed by atoms with Crippen molar-refractivity contribution in [3.63, 3.8) is 0 Å². The van der Waals surface area contributed by atoms with Gasteiger partial charge in [-0.3, -0.25) is 24.6 Å². The molecule has 19 heteroatoms. The van der Waals surface area contributed by atoms with Gasteiger partial charge in [0.25, 0.3) is 11.8 Å².